The Kier molecular flexibility index (Phi) is 2.42. The van der Waals surface area contributed by atoms with Crippen LogP contribution >= 0.6 is 0 Å². The van der Waals surface area contributed by atoms with Gasteiger partial charge in [0.15, 0.2) is 0 Å². The van der Waals surface area contributed by atoms with Gasteiger partial charge in [-0.25, -0.2) is 0 Å². The van der Waals surface area contributed by atoms with Gasteiger partial charge >= 0.3 is 0 Å². The zero-order valence-electron chi connectivity index (χ0n) is 9.64. The van der Waals surface area contributed by atoms with E-state index in [1.807, 2.05) is 0 Å². The predicted octanol–water partition coefficient (Wildman–Crippen LogP) is 3.69. The van der Waals surface area contributed by atoms with E-state index in [9.17, 15) is 0 Å². The molecule has 1 aromatic heterocycles. The Morgan fingerprint density at radius 2 is 1.64 bits per heavy atom. The molecule has 78 valence electrons. The first-order valence-corrected chi connectivity index (χ1v) is 5.72. The molecule has 0 unspecified atom stereocenters. The standard InChI is InChI=1S/C13H21N/c1-11-8-14(9-12(11)2)10-13(3)6-4-5-7-13/h8-9H,4-7,10H2,1-3H3. The van der Waals surface area contributed by atoms with Crippen LogP contribution in [0.15, 0.2) is 12.4 Å². The molecule has 1 aromatic rings. The van der Waals surface area contributed by atoms with Crippen molar-refractivity contribution < 1.29 is 0 Å². The van der Waals surface area contributed by atoms with E-state index in [4.69, 9.17) is 0 Å². The van der Waals surface area contributed by atoms with E-state index in [0.29, 0.717) is 5.41 Å². The van der Waals surface area contributed by atoms with E-state index in [0.717, 1.165) is 0 Å². The Morgan fingerprint density at radius 1 is 1.14 bits per heavy atom. The highest BCUT2D eigenvalue weighted by atomic mass is 15.0. The molecule has 0 aliphatic heterocycles. The normalized spacial score (nSPS) is 20.2. The molecule has 0 radical (unpaired) electrons. The van der Waals surface area contributed by atoms with Gasteiger partial charge in [0, 0.05) is 18.9 Å². The van der Waals surface area contributed by atoms with Gasteiger partial charge in [0.05, 0.1) is 0 Å². The van der Waals surface area contributed by atoms with Crippen molar-refractivity contribution in [2.24, 2.45) is 5.41 Å². The van der Waals surface area contributed by atoms with Crippen LogP contribution in [0.2, 0.25) is 0 Å². The van der Waals surface area contributed by atoms with E-state index in [2.05, 4.69) is 37.7 Å². The highest BCUT2D eigenvalue weighted by Gasteiger charge is 2.28. The average Bonchev–Trinajstić information content (AvgIpc) is 2.62. The minimum atomic E-state index is 0.567. The molecular formula is C13H21N. The van der Waals surface area contributed by atoms with Gasteiger partial charge in [-0.05, 0) is 43.2 Å². The lowest BCUT2D eigenvalue weighted by atomic mass is 9.89. The predicted molar refractivity (Wildman–Crippen MR) is 60.5 cm³/mol. The van der Waals surface area contributed by atoms with E-state index in [-0.39, 0.29) is 0 Å². The number of hydrogen-bond donors (Lipinski definition) is 0. The molecule has 2 rings (SSSR count). The Hall–Kier alpha value is -0.720. The second-order valence-corrected chi connectivity index (χ2v) is 5.31. The van der Waals surface area contributed by atoms with E-state index in [1.165, 1.54) is 43.4 Å². The molecule has 0 amide bonds. The van der Waals surface area contributed by atoms with Crippen LogP contribution in [0.1, 0.15) is 43.7 Å². The van der Waals surface area contributed by atoms with Crippen molar-refractivity contribution in [3.63, 3.8) is 0 Å². The zero-order valence-corrected chi connectivity index (χ0v) is 9.64. The van der Waals surface area contributed by atoms with Crippen LogP contribution < -0.4 is 0 Å². The molecule has 1 nitrogen and oxygen atoms in total. The van der Waals surface area contributed by atoms with Gasteiger partial charge in [0.2, 0.25) is 0 Å². The summed E-state index contributed by atoms with van der Waals surface area (Å²) in [5, 5.41) is 0. The van der Waals surface area contributed by atoms with Gasteiger partial charge < -0.3 is 4.57 Å². The summed E-state index contributed by atoms with van der Waals surface area (Å²) in [7, 11) is 0. The summed E-state index contributed by atoms with van der Waals surface area (Å²) >= 11 is 0. The first-order valence-electron chi connectivity index (χ1n) is 5.72. The van der Waals surface area contributed by atoms with Crippen molar-refractivity contribution >= 4 is 0 Å². The van der Waals surface area contributed by atoms with Gasteiger partial charge in [-0.3, -0.25) is 0 Å². The van der Waals surface area contributed by atoms with Gasteiger partial charge in [0.1, 0.15) is 0 Å². The number of aryl methyl sites for hydroxylation is 2. The molecule has 0 spiro atoms. The third-order valence-electron chi connectivity index (χ3n) is 3.72. The van der Waals surface area contributed by atoms with Crippen LogP contribution in [0, 0.1) is 19.3 Å². The summed E-state index contributed by atoms with van der Waals surface area (Å²) in [6.07, 6.45) is 10.2. The lowest BCUT2D eigenvalue weighted by Gasteiger charge is -2.23. The molecule has 1 heteroatoms. The summed E-state index contributed by atoms with van der Waals surface area (Å²) < 4.78 is 2.38. The first kappa shape index (κ1) is 9.82. The molecule has 0 N–H and O–H groups in total. The fourth-order valence-corrected chi connectivity index (χ4v) is 2.66. The molecule has 1 saturated carbocycles. The fourth-order valence-electron chi connectivity index (χ4n) is 2.66. The molecule has 0 bridgehead atoms. The molecule has 14 heavy (non-hydrogen) atoms. The summed E-state index contributed by atoms with van der Waals surface area (Å²) in [5.41, 5.74) is 3.41. The Bertz CT molecular complexity index is 296. The number of nitrogens with zero attached hydrogens (tertiary/aromatic N) is 1. The monoisotopic (exact) mass is 191 g/mol. The summed E-state index contributed by atoms with van der Waals surface area (Å²) in [5.74, 6) is 0. The third kappa shape index (κ3) is 1.87. The lowest BCUT2D eigenvalue weighted by Crippen LogP contribution is -2.18. The Labute approximate surface area is 87.1 Å². The second kappa shape index (κ2) is 3.45. The topological polar surface area (TPSA) is 4.93 Å². The maximum absolute atomic E-state index is 2.44. The minimum absolute atomic E-state index is 0.567. The molecular weight excluding hydrogens is 170 g/mol. The zero-order chi connectivity index (χ0) is 10.2. The van der Waals surface area contributed by atoms with Gasteiger partial charge in [-0.15, -0.1) is 0 Å². The molecule has 0 saturated heterocycles. The van der Waals surface area contributed by atoms with E-state index < -0.39 is 0 Å². The largest absolute Gasteiger partial charge is 0.353 e. The highest BCUT2D eigenvalue weighted by molar-refractivity contribution is 5.20. The van der Waals surface area contributed by atoms with Crippen LogP contribution in [-0.2, 0) is 6.54 Å². The van der Waals surface area contributed by atoms with Crippen LogP contribution in [0.3, 0.4) is 0 Å². The third-order valence-corrected chi connectivity index (χ3v) is 3.72. The van der Waals surface area contributed by atoms with Crippen LogP contribution in [0.4, 0.5) is 0 Å². The fraction of sp³-hybridized carbons (Fsp3) is 0.692. The SMILES string of the molecule is Cc1cn(CC2(C)CCCC2)cc1C. The van der Waals surface area contributed by atoms with Crippen molar-refractivity contribution in [3.8, 4) is 0 Å². The average molecular weight is 191 g/mol. The summed E-state index contributed by atoms with van der Waals surface area (Å²) in [4.78, 5) is 0. The Morgan fingerprint density at radius 3 is 2.14 bits per heavy atom. The van der Waals surface area contributed by atoms with Crippen molar-refractivity contribution in [1.29, 1.82) is 0 Å². The number of hydrogen-bond acceptors (Lipinski definition) is 0. The van der Waals surface area contributed by atoms with Crippen molar-refractivity contribution in [3.05, 3.63) is 23.5 Å². The molecule has 1 aliphatic carbocycles. The van der Waals surface area contributed by atoms with Gasteiger partial charge in [0.25, 0.3) is 0 Å². The molecule has 1 heterocycles. The smallest absolute Gasteiger partial charge is 0.0273 e. The van der Waals surface area contributed by atoms with Gasteiger partial charge in [-0.1, -0.05) is 19.8 Å². The quantitative estimate of drug-likeness (QED) is 0.672. The van der Waals surface area contributed by atoms with Crippen molar-refractivity contribution in [2.45, 2.75) is 53.0 Å². The summed E-state index contributed by atoms with van der Waals surface area (Å²) in [6.45, 7) is 8.04. The van der Waals surface area contributed by atoms with Crippen LogP contribution in [0.5, 0.6) is 0 Å². The number of rotatable bonds is 2. The highest BCUT2D eigenvalue weighted by Crippen LogP contribution is 2.39. The van der Waals surface area contributed by atoms with Crippen LogP contribution in [-0.4, -0.2) is 4.57 Å². The number of aromatic nitrogens is 1. The summed E-state index contributed by atoms with van der Waals surface area (Å²) in [6, 6.07) is 0. The first-order chi connectivity index (χ1) is 6.59. The molecule has 1 aliphatic rings. The maximum Gasteiger partial charge on any atom is 0.0273 e. The molecule has 0 aromatic carbocycles. The second-order valence-electron chi connectivity index (χ2n) is 5.31. The van der Waals surface area contributed by atoms with Crippen LogP contribution in [0.25, 0.3) is 0 Å². The maximum atomic E-state index is 2.44. The van der Waals surface area contributed by atoms with E-state index in [1.54, 1.807) is 0 Å². The molecule has 1 fully saturated rings. The van der Waals surface area contributed by atoms with Crippen molar-refractivity contribution in [2.75, 3.05) is 0 Å². The van der Waals surface area contributed by atoms with Gasteiger partial charge in [-0.2, -0.15) is 0 Å². The minimum Gasteiger partial charge on any atom is -0.353 e. The Balaban J connectivity index is 2.10. The lowest BCUT2D eigenvalue weighted by molar-refractivity contribution is 0.282. The van der Waals surface area contributed by atoms with Crippen molar-refractivity contribution in [1.82, 2.24) is 4.57 Å². The molecule has 0 atom stereocenters. The van der Waals surface area contributed by atoms with E-state index >= 15 is 0 Å².